The fraction of sp³-hybridized carbons (Fsp3) is 0.368. The summed E-state index contributed by atoms with van der Waals surface area (Å²) < 4.78 is 5.07. The molecule has 0 spiro atoms. The molecule has 0 saturated heterocycles. The fourth-order valence-electron chi connectivity index (χ4n) is 2.81. The molecular formula is C19H24N4O. The Labute approximate surface area is 143 Å². The smallest absolute Gasteiger partial charge is 0.212 e. The predicted octanol–water partition coefficient (Wildman–Crippen LogP) is 2.49. The van der Waals surface area contributed by atoms with Crippen molar-refractivity contribution in [2.24, 2.45) is 4.99 Å². The number of methoxy groups -OCH3 is 1. The van der Waals surface area contributed by atoms with Crippen LogP contribution < -0.4 is 15.4 Å². The first-order valence-corrected chi connectivity index (χ1v) is 8.25. The molecule has 2 N–H and O–H groups in total. The molecule has 2 aromatic rings. The second-order valence-corrected chi connectivity index (χ2v) is 6.13. The minimum absolute atomic E-state index is 0.264. The van der Waals surface area contributed by atoms with Crippen LogP contribution >= 0.6 is 0 Å². The SMILES string of the molecule is CN=C(NCc1ccc(OC)nc1)NCC1(c2ccccc2)CC1. The van der Waals surface area contributed by atoms with Crippen molar-refractivity contribution < 1.29 is 4.74 Å². The van der Waals surface area contributed by atoms with Crippen LogP contribution in [0.1, 0.15) is 24.0 Å². The van der Waals surface area contributed by atoms with E-state index in [9.17, 15) is 0 Å². The van der Waals surface area contributed by atoms with Gasteiger partial charge in [-0.1, -0.05) is 36.4 Å². The molecular weight excluding hydrogens is 300 g/mol. The quantitative estimate of drug-likeness (QED) is 0.633. The summed E-state index contributed by atoms with van der Waals surface area (Å²) in [5.41, 5.74) is 2.76. The highest BCUT2D eigenvalue weighted by atomic mass is 16.5. The molecule has 0 amide bonds. The van der Waals surface area contributed by atoms with Crippen molar-refractivity contribution in [3.63, 3.8) is 0 Å². The molecule has 1 heterocycles. The lowest BCUT2D eigenvalue weighted by molar-refractivity contribution is 0.397. The lowest BCUT2D eigenvalue weighted by Gasteiger charge is -2.19. The van der Waals surface area contributed by atoms with Gasteiger partial charge in [0.1, 0.15) is 0 Å². The maximum atomic E-state index is 5.07. The standard InChI is InChI=1S/C19H24N4O/c1-20-18(22-13-15-8-9-17(24-2)21-12-15)23-14-19(10-11-19)16-6-4-3-5-7-16/h3-9,12H,10-11,13-14H2,1-2H3,(H2,20,22,23). The molecule has 1 aliphatic rings. The largest absolute Gasteiger partial charge is 0.481 e. The van der Waals surface area contributed by atoms with Gasteiger partial charge < -0.3 is 15.4 Å². The Morgan fingerprint density at radius 1 is 1.17 bits per heavy atom. The first-order valence-electron chi connectivity index (χ1n) is 8.25. The lowest BCUT2D eigenvalue weighted by atomic mass is 9.96. The summed E-state index contributed by atoms with van der Waals surface area (Å²) in [5, 5.41) is 6.79. The number of benzene rings is 1. The number of guanidine groups is 1. The minimum atomic E-state index is 0.264. The van der Waals surface area contributed by atoms with E-state index in [4.69, 9.17) is 4.74 Å². The van der Waals surface area contributed by atoms with Crippen LogP contribution in [0, 0.1) is 0 Å². The summed E-state index contributed by atoms with van der Waals surface area (Å²) in [5.74, 6) is 1.44. The van der Waals surface area contributed by atoms with Gasteiger partial charge in [0.05, 0.1) is 7.11 Å². The van der Waals surface area contributed by atoms with Crippen molar-refractivity contribution in [3.05, 3.63) is 59.8 Å². The zero-order valence-corrected chi connectivity index (χ0v) is 14.2. The highest BCUT2D eigenvalue weighted by molar-refractivity contribution is 5.79. The maximum Gasteiger partial charge on any atom is 0.212 e. The molecule has 5 nitrogen and oxygen atoms in total. The van der Waals surface area contributed by atoms with Crippen LogP contribution in [0.4, 0.5) is 0 Å². The van der Waals surface area contributed by atoms with E-state index in [2.05, 4.69) is 50.9 Å². The van der Waals surface area contributed by atoms with Gasteiger partial charge in [-0.3, -0.25) is 4.99 Å². The highest BCUT2D eigenvalue weighted by Crippen LogP contribution is 2.47. The number of nitrogens with one attached hydrogen (secondary N) is 2. The van der Waals surface area contributed by atoms with Gasteiger partial charge in [0, 0.05) is 37.8 Å². The van der Waals surface area contributed by atoms with E-state index in [-0.39, 0.29) is 5.41 Å². The van der Waals surface area contributed by atoms with Gasteiger partial charge in [0.15, 0.2) is 5.96 Å². The van der Waals surface area contributed by atoms with E-state index in [0.717, 1.165) is 18.1 Å². The monoisotopic (exact) mass is 324 g/mol. The lowest BCUT2D eigenvalue weighted by Crippen LogP contribution is -2.40. The molecule has 24 heavy (non-hydrogen) atoms. The van der Waals surface area contributed by atoms with Crippen LogP contribution in [0.2, 0.25) is 0 Å². The fourth-order valence-corrected chi connectivity index (χ4v) is 2.81. The molecule has 0 atom stereocenters. The second kappa shape index (κ2) is 7.34. The molecule has 0 bridgehead atoms. The average Bonchev–Trinajstić information content (AvgIpc) is 3.44. The van der Waals surface area contributed by atoms with Crippen LogP contribution in [-0.4, -0.2) is 31.6 Å². The maximum absolute atomic E-state index is 5.07. The number of aromatic nitrogens is 1. The Hall–Kier alpha value is -2.56. The molecule has 5 heteroatoms. The summed E-state index contributed by atoms with van der Waals surface area (Å²) in [7, 11) is 3.41. The molecule has 0 unspecified atom stereocenters. The van der Waals surface area contributed by atoms with Crippen molar-refractivity contribution in [1.29, 1.82) is 0 Å². The molecule has 1 aliphatic carbocycles. The zero-order chi connectivity index (χ0) is 16.8. The van der Waals surface area contributed by atoms with E-state index >= 15 is 0 Å². The first kappa shape index (κ1) is 16.3. The molecule has 0 radical (unpaired) electrons. The molecule has 3 rings (SSSR count). The molecule has 1 saturated carbocycles. The third-order valence-electron chi connectivity index (χ3n) is 4.52. The number of rotatable bonds is 6. The summed E-state index contributed by atoms with van der Waals surface area (Å²) in [6, 6.07) is 14.6. The average molecular weight is 324 g/mol. The van der Waals surface area contributed by atoms with E-state index in [1.807, 2.05) is 18.3 Å². The number of nitrogens with zero attached hydrogens (tertiary/aromatic N) is 2. The number of hydrogen-bond acceptors (Lipinski definition) is 3. The Balaban J connectivity index is 1.52. The number of pyridine rings is 1. The van der Waals surface area contributed by atoms with E-state index in [1.54, 1.807) is 14.2 Å². The van der Waals surface area contributed by atoms with Gasteiger partial charge in [0.25, 0.3) is 0 Å². The van der Waals surface area contributed by atoms with Crippen molar-refractivity contribution in [2.45, 2.75) is 24.8 Å². The Morgan fingerprint density at radius 2 is 1.96 bits per heavy atom. The van der Waals surface area contributed by atoms with Gasteiger partial charge in [-0.2, -0.15) is 0 Å². The molecule has 1 fully saturated rings. The van der Waals surface area contributed by atoms with Crippen molar-refractivity contribution in [3.8, 4) is 5.88 Å². The molecule has 126 valence electrons. The topological polar surface area (TPSA) is 58.5 Å². The first-order chi connectivity index (χ1) is 11.8. The van der Waals surface area contributed by atoms with Crippen LogP contribution in [0.25, 0.3) is 0 Å². The summed E-state index contributed by atoms with van der Waals surface area (Å²) in [6.45, 7) is 1.58. The van der Waals surface area contributed by atoms with Crippen molar-refractivity contribution in [2.75, 3.05) is 20.7 Å². The van der Waals surface area contributed by atoms with Crippen LogP contribution in [0.15, 0.2) is 53.7 Å². The van der Waals surface area contributed by atoms with Gasteiger partial charge >= 0.3 is 0 Å². The Bertz CT molecular complexity index is 678. The summed E-state index contributed by atoms with van der Waals surface area (Å²) >= 11 is 0. The van der Waals surface area contributed by atoms with Crippen molar-refractivity contribution >= 4 is 5.96 Å². The molecule has 1 aromatic heterocycles. The van der Waals surface area contributed by atoms with E-state index in [1.165, 1.54) is 18.4 Å². The third-order valence-corrected chi connectivity index (χ3v) is 4.52. The highest BCUT2D eigenvalue weighted by Gasteiger charge is 2.43. The number of hydrogen-bond donors (Lipinski definition) is 2. The molecule has 1 aromatic carbocycles. The number of ether oxygens (including phenoxy) is 1. The summed E-state index contributed by atoms with van der Waals surface area (Å²) in [4.78, 5) is 8.52. The van der Waals surface area contributed by atoms with E-state index in [0.29, 0.717) is 12.4 Å². The van der Waals surface area contributed by atoms with Crippen LogP contribution in [0.3, 0.4) is 0 Å². The van der Waals surface area contributed by atoms with Crippen molar-refractivity contribution in [1.82, 2.24) is 15.6 Å². The Kier molecular flexibility index (Phi) is 4.99. The van der Waals surface area contributed by atoms with Gasteiger partial charge in [-0.05, 0) is 24.0 Å². The second-order valence-electron chi connectivity index (χ2n) is 6.13. The molecule has 0 aliphatic heterocycles. The predicted molar refractivity (Wildman–Crippen MR) is 96.3 cm³/mol. The zero-order valence-electron chi connectivity index (χ0n) is 14.2. The number of aliphatic imine (C=N–C) groups is 1. The summed E-state index contributed by atoms with van der Waals surface area (Å²) in [6.07, 6.45) is 4.26. The van der Waals surface area contributed by atoms with E-state index < -0.39 is 0 Å². The normalized spacial score (nSPS) is 15.7. The van der Waals surface area contributed by atoms with Gasteiger partial charge in [0.2, 0.25) is 5.88 Å². The van der Waals surface area contributed by atoms with Gasteiger partial charge in [-0.15, -0.1) is 0 Å². The Morgan fingerprint density at radius 3 is 2.54 bits per heavy atom. The van der Waals surface area contributed by atoms with Crippen LogP contribution in [-0.2, 0) is 12.0 Å². The van der Waals surface area contributed by atoms with Crippen LogP contribution in [0.5, 0.6) is 5.88 Å². The third kappa shape index (κ3) is 3.85. The van der Waals surface area contributed by atoms with Gasteiger partial charge in [-0.25, -0.2) is 4.98 Å². The minimum Gasteiger partial charge on any atom is -0.481 e.